The van der Waals surface area contributed by atoms with Gasteiger partial charge in [-0.3, -0.25) is 4.99 Å². The van der Waals surface area contributed by atoms with Gasteiger partial charge in [-0.05, 0) is 42.7 Å². The van der Waals surface area contributed by atoms with E-state index in [-0.39, 0.29) is 5.82 Å². The van der Waals surface area contributed by atoms with Crippen molar-refractivity contribution in [2.24, 2.45) is 4.99 Å². The number of aliphatic imine (C=N–C) groups is 1. The predicted octanol–water partition coefficient (Wildman–Crippen LogP) is 3.20. The molecule has 0 atom stereocenters. The molecule has 1 heterocycles. The molecule has 5 nitrogen and oxygen atoms in total. The highest BCUT2D eigenvalue weighted by molar-refractivity contribution is 5.79. The summed E-state index contributed by atoms with van der Waals surface area (Å²) in [5, 5.41) is 6.61. The fourth-order valence-corrected chi connectivity index (χ4v) is 3.05. The van der Waals surface area contributed by atoms with E-state index in [0.29, 0.717) is 32.3 Å². The summed E-state index contributed by atoms with van der Waals surface area (Å²) in [7, 11) is 1.74. The van der Waals surface area contributed by atoms with Crippen molar-refractivity contribution in [1.82, 2.24) is 10.6 Å². The van der Waals surface area contributed by atoms with Crippen LogP contribution < -0.4 is 20.1 Å². The van der Waals surface area contributed by atoms with Gasteiger partial charge in [-0.1, -0.05) is 18.2 Å². The first kappa shape index (κ1) is 19.0. The first-order valence-corrected chi connectivity index (χ1v) is 9.24. The Kier molecular flexibility index (Phi) is 6.52. The third-order valence-corrected chi connectivity index (χ3v) is 4.51. The quantitative estimate of drug-likeness (QED) is 0.626. The van der Waals surface area contributed by atoms with E-state index in [1.54, 1.807) is 13.1 Å². The maximum atomic E-state index is 13.2. The lowest BCUT2D eigenvalue weighted by Crippen LogP contribution is -2.38. The van der Waals surface area contributed by atoms with Gasteiger partial charge in [-0.2, -0.15) is 0 Å². The van der Waals surface area contributed by atoms with Crippen molar-refractivity contribution in [2.75, 3.05) is 26.8 Å². The Balaban J connectivity index is 1.54. The summed E-state index contributed by atoms with van der Waals surface area (Å²) < 4.78 is 24.8. The van der Waals surface area contributed by atoms with Crippen molar-refractivity contribution in [3.63, 3.8) is 0 Å². The molecule has 0 radical (unpaired) electrons. The fraction of sp³-hybridized carbons (Fsp3) is 0.381. The maximum Gasteiger partial charge on any atom is 0.191 e. The molecular formula is C21H26FN3O2. The zero-order valence-corrected chi connectivity index (χ0v) is 15.8. The smallest absolute Gasteiger partial charge is 0.191 e. The van der Waals surface area contributed by atoms with Crippen LogP contribution in [0.5, 0.6) is 11.5 Å². The van der Waals surface area contributed by atoms with Crippen LogP contribution in [0.2, 0.25) is 0 Å². The fourth-order valence-electron chi connectivity index (χ4n) is 3.05. The summed E-state index contributed by atoms with van der Waals surface area (Å²) in [6.45, 7) is 4.55. The Hall–Kier alpha value is -2.76. The van der Waals surface area contributed by atoms with E-state index in [4.69, 9.17) is 9.47 Å². The molecule has 0 bridgehead atoms. The summed E-state index contributed by atoms with van der Waals surface area (Å²) in [5.41, 5.74) is 3.12. The number of benzene rings is 2. The highest BCUT2D eigenvalue weighted by atomic mass is 19.1. The number of hydrogen-bond acceptors (Lipinski definition) is 3. The number of nitrogens with zero attached hydrogens (tertiary/aromatic N) is 1. The minimum Gasteiger partial charge on any atom is -0.490 e. The summed E-state index contributed by atoms with van der Waals surface area (Å²) >= 11 is 0. The number of para-hydroxylation sites is 1. The van der Waals surface area contributed by atoms with Crippen molar-refractivity contribution in [3.8, 4) is 11.5 Å². The second-order valence-electron chi connectivity index (χ2n) is 6.47. The molecule has 1 aliphatic rings. The Morgan fingerprint density at radius 1 is 1.11 bits per heavy atom. The van der Waals surface area contributed by atoms with E-state index in [1.807, 2.05) is 31.2 Å². The van der Waals surface area contributed by atoms with E-state index in [1.165, 1.54) is 6.07 Å². The molecule has 0 spiro atoms. The Morgan fingerprint density at radius 3 is 2.78 bits per heavy atom. The zero-order chi connectivity index (χ0) is 19.1. The molecule has 0 saturated carbocycles. The highest BCUT2D eigenvalue weighted by Crippen LogP contribution is 2.33. The van der Waals surface area contributed by atoms with Crippen LogP contribution in [0.1, 0.15) is 23.1 Å². The van der Waals surface area contributed by atoms with Crippen LogP contribution in [0.3, 0.4) is 0 Å². The second-order valence-corrected chi connectivity index (χ2v) is 6.47. The highest BCUT2D eigenvalue weighted by Gasteiger charge is 2.14. The molecule has 0 saturated heterocycles. The molecule has 2 aromatic rings. The molecule has 27 heavy (non-hydrogen) atoms. The topological polar surface area (TPSA) is 54.9 Å². The number of halogens is 1. The SMILES string of the molecule is CN=C(NCCc1ccc(F)cc1C)NCc1cccc2c1OCCCO2. The molecule has 0 fully saturated rings. The largest absolute Gasteiger partial charge is 0.490 e. The monoisotopic (exact) mass is 371 g/mol. The standard InChI is InChI=1S/C21H26FN3O2/c1-15-13-18(22)8-7-16(15)9-10-24-21(23-2)25-14-17-5-3-6-19-20(17)27-12-4-11-26-19/h3,5-8,13H,4,9-12,14H2,1-2H3,(H2,23,24,25). The van der Waals surface area contributed by atoms with Crippen molar-refractivity contribution in [2.45, 2.75) is 26.3 Å². The van der Waals surface area contributed by atoms with Gasteiger partial charge in [0.15, 0.2) is 17.5 Å². The summed E-state index contributed by atoms with van der Waals surface area (Å²) in [6, 6.07) is 10.8. The van der Waals surface area contributed by atoms with Gasteiger partial charge in [0.25, 0.3) is 0 Å². The maximum absolute atomic E-state index is 13.2. The van der Waals surface area contributed by atoms with Gasteiger partial charge in [0.05, 0.1) is 13.2 Å². The first-order chi connectivity index (χ1) is 13.2. The van der Waals surface area contributed by atoms with Crippen LogP contribution in [0.15, 0.2) is 41.4 Å². The Morgan fingerprint density at radius 2 is 1.96 bits per heavy atom. The van der Waals surface area contributed by atoms with Crippen LogP contribution >= 0.6 is 0 Å². The Bertz CT molecular complexity index is 808. The number of ether oxygens (including phenoxy) is 2. The normalized spacial score (nSPS) is 13.8. The lowest BCUT2D eigenvalue weighted by atomic mass is 10.1. The third-order valence-electron chi connectivity index (χ3n) is 4.51. The van der Waals surface area contributed by atoms with Crippen LogP contribution in [-0.2, 0) is 13.0 Å². The van der Waals surface area contributed by atoms with Crippen molar-refractivity contribution in [1.29, 1.82) is 0 Å². The number of aryl methyl sites for hydroxylation is 1. The van der Waals surface area contributed by atoms with Crippen LogP contribution in [0.25, 0.3) is 0 Å². The molecule has 0 unspecified atom stereocenters. The number of rotatable bonds is 5. The minimum atomic E-state index is -0.199. The van der Waals surface area contributed by atoms with Gasteiger partial charge < -0.3 is 20.1 Å². The van der Waals surface area contributed by atoms with Gasteiger partial charge in [-0.25, -0.2) is 4.39 Å². The lowest BCUT2D eigenvalue weighted by molar-refractivity contribution is 0.296. The second kappa shape index (κ2) is 9.26. The minimum absolute atomic E-state index is 0.199. The molecule has 6 heteroatoms. The number of guanidine groups is 1. The molecule has 1 aliphatic heterocycles. The number of hydrogen-bond donors (Lipinski definition) is 2. The average Bonchev–Trinajstić information content (AvgIpc) is 2.92. The van der Waals surface area contributed by atoms with Crippen molar-refractivity contribution < 1.29 is 13.9 Å². The lowest BCUT2D eigenvalue weighted by Gasteiger charge is -2.15. The van der Waals surface area contributed by atoms with E-state index in [2.05, 4.69) is 15.6 Å². The van der Waals surface area contributed by atoms with Gasteiger partial charge >= 0.3 is 0 Å². The van der Waals surface area contributed by atoms with Gasteiger partial charge in [0.2, 0.25) is 0 Å². The van der Waals surface area contributed by atoms with Gasteiger partial charge in [0.1, 0.15) is 5.82 Å². The third kappa shape index (κ3) is 5.12. The molecule has 2 aromatic carbocycles. The van der Waals surface area contributed by atoms with Crippen LogP contribution in [0, 0.1) is 12.7 Å². The molecular weight excluding hydrogens is 345 g/mol. The van der Waals surface area contributed by atoms with Gasteiger partial charge in [-0.15, -0.1) is 0 Å². The molecule has 2 N–H and O–H groups in total. The molecule has 3 rings (SSSR count). The van der Waals surface area contributed by atoms with Gasteiger partial charge in [0, 0.05) is 32.1 Å². The summed E-state index contributed by atoms with van der Waals surface area (Å²) in [4.78, 5) is 4.26. The zero-order valence-electron chi connectivity index (χ0n) is 15.8. The van der Waals surface area contributed by atoms with Crippen molar-refractivity contribution >= 4 is 5.96 Å². The predicted molar refractivity (Wildman–Crippen MR) is 105 cm³/mol. The molecule has 144 valence electrons. The van der Waals surface area contributed by atoms with E-state index in [0.717, 1.165) is 41.0 Å². The molecule has 0 aromatic heterocycles. The summed E-state index contributed by atoms with van der Waals surface area (Å²) in [6.07, 6.45) is 1.68. The first-order valence-electron chi connectivity index (χ1n) is 9.24. The van der Waals surface area contributed by atoms with Crippen molar-refractivity contribution in [3.05, 3.63) is 58.9 Å². The Labute approximate surface area is 159 Å². The average molecular weight is 371 g/mol. The molecule has 0 aliphatic carbocycles. The van der Waals surface area contributed by atoms with Crippen LogP contribution in [0.4, 0.5) is 4.39 Å². The van der Waals surface area contributed by atoms with Crippen LogP contribution in [-0.4, -0.2) is 32.8 Å². The molecule has 0 amide bonds. The number of nitrogens with one attached hydrogen (secondary N) is 2. The van der Waals surface area contributed by atoms with E-state index < -0.39 is 0 Å². The van der Waals surface area contributed by atoms with E-state index >= 15 is 0 Å². The van der Waals surface area contributed by atoms with E-state index in [9.17, 15) is 4.39 Å². The summed E-state index contributed by atoms with van der Waals surface area (Å²) in [5.74, 6) is 2.11. The number of fused-ring (bicyclic) bond motifs is 1.